The molecule has 1 saturated heterocycles. The first-order valence-corrected chi connectivity index (χ1v) is 6.43. The van der Waals surface area contributed by atoms with E-state index in [-0.39, 0.29) is 18.5 Å². The summed E-state index contributed by atoms with van der Waals surface area (Å²) >= 11 is 0. The first kappa shape index (κ1) is 15.3. The van der Waals surface area contributed by atoms with Gasteiger partial charge in [-0.1, -0.05) is 0 Å². The summed E-state index contributed by atoms with van der Waals surface area (Å²) in [6.07, 6.45) is 1.57. The summed E-state index contributed by atoms with van der Waals surface area (Å²) in [4.78, 5) is 23.2. The van der Waals surface area contributed by atoms with Crippen molar-refractivity contribution >= 4 is 17.5 Å². The smallest absolute Gasteiger partial charge is 0.243 e. The van der Waals surface area contributed by atoms with Crippen molar-refractivity contribution in [1.29, 1.82) is 0 Å². The highest BCUT2D eigenvalue weighted by Gasteiger charge is 2.22. The second kappa shape index (κ2) is 6.57. The zero-order valence-corrected chi connectivity index (χ0v) is 11.0. The Kier molecular flexibility index (Phi) is 4.79. The highest BCUT2D eigenvalue weighted by molar-refractivity contribution is 5.95. The lowest BCUT2D eigenvalue weighted by molar-refractivity contribution is -0.125. The summed E-state index contributed by atoms with van der Waals surface area (Å²) in [5, 5.41) is 7.41. The van der Waals surface area contributed by atoms with Gasteiger partial charge in [-0.3, -0.25) is 9.59 Å². The second-order valence-electron chi connectivity index (χ2n) is 4.64. The average Bonchev–Trinajstić information content (AvgIpc) is 3.00. The molecule has 1 aliphatic heterocycles. The van der Waals surface area contributed by atoms with E-state index in [4.69, 9.17) is 0 Å². The molecule has 1 unspecified atom stereocenters. The van der Waals surface area contributed by atoms with Gasteiger partial charge in [-0.15, -0.1) is 0 Å². The molecular weight excluding hydrogens is 287 g/mol. The third-order valence-corrected chi connectivity index (χ3v) is 3.11. The highest BCUT2D eigenvalue weighted by Crippen LogP contribution is 2.19. The lowest BCUT2D eigenvalue weighted by Gasteiger charge is -2.11. The minimum absolute atomic E-state index is 0.326. The van der Waals surface area contributed by atoms with Crippen LogP contribution in [0.3, 0.4) is 0 Å². The third-order valence-electron chi connectivity index (χ3n) is 3.11. The molecule has 1 aromatic rings. The number of rotatable bonds is 4. The Hall–Kier alpha value is -2.09. The summed E-state index contributed by atoms with van der Waals surface area (Å²) in [7, 11) is 0. The molecule has 2 rings (SSSR count). The Morgan fingerprint density at radius 1 is 1.24 bits per heavy atom. The van der Waals surface area contributed by atoms with Crippen LogP contribution in [0.1, 0.15) is 12.8 Å². The molecule has 0 radical (unpaired) electrons. The van der Waals surface area contributed by atoms with Gasteiger partial charge >= 0.3 is 0 Å². The van der Waals surface area contributed by atoms with Crippen molar-refractivity contribution in [2.24, 2.45) is 0 Å². The molecule has 1 aromatic carbocycles. The van der Waals surface area contributed by atoms with Gasteiger partial charge in [0.25, 0.3) is 0 Å². The summed E-state index contributed by atoms with van der Waals surface area (Å²) in [5.74, 6) is -5.54. The molecule has 0 saturated carbocycles. The molecule has 0 aliphatic carbocycles. The van der Waals surface area contributed by atoms with Crippen molar-refractivity contribution in [3.63, 3.8) is 0 Å². The van der Waals surface area contributed by atoms with Crippen molar-refractivity contribution in [3.05, 3.63) is 29.6 Å². The molecule has 8 heteroatoms. The van der Waals surface area contributed by atoms with E-state index in [2.05, 4.69) is 16.0 Å². The van der Waals surface area contributed by atoms with Crippen molar-refractivity contribution < 1.29 is 22.8 Å². The summed E-state index contributed by atoms with van der Waals surface area (Å²) in [6.45, 7) is 0.361. The van der Waals surface area contributed by atoms with Gasteiger partial charge in [0.15, 0.2) is 17.5 Å². The Labute approximate surface area is 118 Å². The van der Waals surface area contributed by atoms with Gasteiger partial charge in [-0.2, -0.15) is 0 Å². The molecular formula is C13H14F3N3O2. The fraction of sp³-hybridized carbons (Fsp3) is 0.385. The zero-order valence-electron chi connectivity index (χ0n) is 11.0. The van der Waals surface area contributed by atoms with Gasteiger partial charge in [0.1, 0.15) is 0 Å². The number of carbonyl (C=O) groups is 2. The molecule has 0 bridgehead atoms. The molecule has 2 amide bonds. The normalized spacial score (nSPS) is 17.6. The topological polar surface area (TPSA) is 70.2 Å². The van der Waals surface area contributed by atoms with Crippen LogP contribution >= 0.6 is 0 Å². The van der Waals surface area contributed by atoms with Gasteiger partial charge < -0.3 is 16.0 Å². The second-order valence-corrected chi connectivity index (χ2v) is 4.64. The lowest BCUT2D eigenvalue weighted by atomic mass is 10.2. The molecule has 21 heavy (non-hydrogen) atoms. The third kappa shape index (κ3) is 3.72. The van der Waals surface area contributed by atoms with E-state index in [0.29, 0.717) is 12.5 Å². The number of hydrogen-bond donors (Lipinski definition) is 3. The molecule has 1 aliphatic rings. The molecule has 1 fully saturated rings. The van der Waals surface area contributed by atoms with E-state index in [1.54, 1.807) is 0 Å². The summed E-state index contributed by atoms with van der Waals surface area (Å²) < 4.78 is 39.1. The van der Waals surface area contributed by atoms with Crippen LogP contribution in [-0.4, -0.2) is 30.9 Å². The Balaban J connectivity index is 1.87. The zero-order chi connectivity index (χ0) is 15.4. The van der Waals surface area contributed by atoms with Crippen LogP contribution in [0.25, 0.3) is 0 Å². The molecule has 114 valence electrons. The fourth-order valence-corrected chi connectivity index (χ4v) is 2.02. The largest absolute Gasteiger partial charge is 0.346 e. The predicted octanol–water partition coefficient (Wildman–Crippen LogP) is 0.911. The first-order valence-electron chi connectivity index (χ1n) is 6.43. The number of amides is 2. The van der Waals surface area contributed by atoms with Gasteiger partial charge in [0.05, 0.1) is 18.3 Å². The van der Waals surface area contributed by atoms with E-state index >= 15 is 0 Å². The van der Waals surface area contributed by atoms with E-state index in [9.17, 15) is 22.8 Å². The Bertz CT molecular complexity index is 560. The van der Waals surface area contributed by atoms with Gasteiger partial charge in [0, 0.05) is 0 Å². The van der Waals surface area contributed by atoms with Crippen LogP contribution in [0, 0.1) is 17.5 Å². The quantitative estimate of drug-likeness (QED) is 0.724. The van der Waals surface area contributed by atoms with Gasteiger partial charge in [-0.05, 0) is 31.5 Å². The van der Waals surface area contributed by atoms with Crippen LogP contribution in [0.2, 0.25) is 0 Å². The minimum atomic E-state index is -1.66. The SMILES string of the molecule is O=C(CNC(=O)C1CCCN1)Nc1ccc(F)c(F)c1F. The van der Waals surface area contributed by atoms with E-state index in [1.165, 1.54) is 0 Å². The number of anilines is 1. The number of nitrogens with one attached hydrogen (secondary N) is 3. The van der Waals surface area contributed by atoms with Crippen LogP contribution < -0.4 is 16.0 Å². The minimum Gasteiger partial charge on any atom is -0.346 e. The number of halogens is 3. The molecule has 1 heterocycles. The van der Waals surface area contributed by atoms with Crippen LogP contribution in [0.15, 0.2) is 12.1 Å². The number of hydrogen-bond acceptors (Lipinski definition) is 3. The van der Waals surface area contributed by atoms with Crippen molar-refractivity contribution in [1.82, 2.24) is 10.6 Å². The van der Waals surface area contributed by atoms with E-state index in [1.807, 2.05) is 0 Å². The molecule has 3 N–H and O–H groups in total. The first-order chi connectivity index (χ1) is 9.99. The maximum Gasteiger partial charge on any atom is 0.243 e. The van der Waals surface area contributed by atoms with Crippen molar-refractivity contribution in [2.75, 3.05) is 18.4 Å². The monoisotopic (exact) mass is 301 g/mol. The van der Waals surface area contributed by atoms with E-state index < -0.39 is 29.0 Å². The summed E-state index contributed by atoms with van der Waals surface area (Å²) in [6, 6.07) is 1.28. The fourth-order valence-electron chi connectivity index (χ4n) is 2.02. The average molecular weight is 301 g/mol. The number of carbonyl (C=O) groups excluding carboxylic acids is 2. The lowest BCUT2D eigenvalue weighted by Crippen LogP contribution is -2.43. The van der Waals surface area contributed by atoms with Crippen LogP contribution in [0.4, 0.5) is 18.9 Å². The van der Waals surface area contributed by atoms with E-state index in [0.717, 1.165) is 19.0 Å². The molecule has 1 atom stereocenters. The van der Waals surface area contributed by atoms with Crippen LogP contribution in [0.5, 0.6) is 0 Å². The maximum atomic E-state index is 13.3. The van der Waals surface area contributed by atoms with Crippen molar-refractivity contribution in [2.45, 2.75) is 18.9 Å². The van der Waals surface area contributed by atoms with Crippen molar-refractivity contribution in [3.8, 4) is 0 Å². The standard InChI is InChI=1S/C13H14F3N3O2/c14-7-3-4-8(12(16)11(7)15)19-10(20)6-18-13(21)9-2-1-5-17-9/h3-4,9,17H,1-2,5-6H2,(H,18,21)(H,19,20). The predicted molar refractivity (Wildman–Crippen MR) is 69.0 cm³/mol. The molecule has 0 aromatic heterocycles. The molecule has 5 nitrogen and oxygen atoms in total. The Morgan fingerprint density at radius 2 is 2.00 bits per heavy atom. The van der Waals surface area contributed by atoms with Crippen LogP contribution in [-0.2, 0) is 9.59 Å². The highest BCUT2D eigenvalue weighted by atomic mass is 19.2. The maximum absolute atomic E-state index is 13.3. The van der Waals surface area contributed by atoms with Gasteiger partial charge in [0.2, 0.25) is 11.8 Å². The summed E-state index contributed by atoms with van der Waals surface area (Å²) in [5.41, 5.74) is -0.479. The number of benzene rings is 1. The molecule has 0 spiro atoms. The Morgan fingerprint density at radius 3 is 2.67 bits per heavy atom. The van der Waals surface area contributed by atoms with Gasteiger partial charge in [-0.25, -0.2) is 13.2 Å².